The van der Waals surface area contributed by atoms with E-state index in [1.54, 1.807) is 6.92 Å². The molecule has 0 bridgehead atoms. The van der Waals surface area contributed by atoms with Gasteiger partial charge in [0.1, 0.15) is 10.8 Å². The molecule has 1 N–H and O–H groups in total. The molecule has 0 radical (unpaired) electrons. The van der Waals surface area contributed by atoms with E-state index in [0.29, 0.717) is 21.6 Å². The predicted molar refractivity (Wildman–Crippen MR) is 126 cm³/mol. The van der Waals surface area contributed by atoms with Crippen molar-refractivity contribution >= 4 is 33.9 Å². The van der Waals surface area contributed by atoms with E-state index in [9.17, 15) is 14.7 Å². The predicted octanol–water partition coefficient (Wildman–Crippen LogP) is 5.21. The molecule has 7 heteroatoms. The van der Waals surface area contributed by atoms with Crippen LogP contribution in [0.1, 0.15) is 58.6 Å². The van der Waals surface area contributed by atoms with E-state index in [1.165, 1.54) is 16.2 Å². The second-order valence-electron chi connectivity index (χ2n) is 8.41. The minimum atomic E-state index is -0.788. The van der Waals surface area contributed by atoms with Crippen molar-refractivity contribution in [2.24, 2.45) is 0 Å². The summed E-state index contributed by atoms with van der Waals surface area (Å²) >= 11 is 1.24. The zero-order valence-corrected chi connectivity index (χ0v) is 19.5. The first-order valence-corrected chi connectivity index (χ1v) is 11.3. The Kier molecular flexibility index (Phi) is 5.69. The van der Waals surface area contributed by atoms with Gasteiger partial charge in [-0.3, -0.25) is 14.5 Å². The summed E-state index contributed by atoms with van der Waals surface area (Å²) in [6.07, 6.45) is 0. The van der Waals surface area contributed by atoms with Crippen LogP contribution in [0.25, 0.3) is 5.76 Å². The summed E-state index contributed by atoms with van der Waals surface area (Å²) < 4.78 is 0. The molecule has 1 aliphatic rings. The fourth-order valence-electron chi connectivity index (χ4n) is 3.93. The van der Waals surface area contributed by atoms with Crippen LogP contribution in [0.4, 0.5) is 5.13 Å². The molecule has 1 amide bonds. The van der Waals surface area contributed by atoms with E-state index in [0.717, 1.165) is 22.3 Å². The first-order chi connectivity index (χ1) is 15.2. The molecule has 1 aromatic heterocycles. The first kappa shape index (κ1) is 21.9. The van der Waals surface area contributed by atoms with E-state index in [-0.39, 0.29) is 11.3 Å². The Hall–Kier alpha value is -3.32. The molecule has 1 atom stereocenters. The zero-order chi connectivity index (χ0) is 23.2. The molecule has 0 saturated carbocycles. The number of rotatable bonds is 4. The van der Waals surface area contributed by atoms with Gasteiger partial charge in [-0.15, -0.1) is 10.2 Å². The summed E-state index contributed by atoms with van der Waals surface area (Å²) in [6.45, 7) is 9.78. The lowest BCUT2D eigenvalue weighted by molar-refractivity contribution is -0.132. The van der Waals surface area contributed by atoms with Gasteiger partial charge in [-0.25, -0.2) is 0 Å². The molecule has 1 unspecified atom stereocenters. The third-order valence-electron chi connectivity index (χ3n) is 5.73. The summed E-state index contributed by atoms with van der Waals surface area (Å²) in [5.41, 5.74) is 4.25. The van der Waals surface area contributed by atoms with E-state index in [4.69, 9.17) is 0 Å². The number of ketones is 1. The number of aliphatic hydroxyl groups excluding tert-OH is 1. The smallest absolute Gasteiger partial charge is 0.301 e. The standard InChI is InChI=1S/C25H25N3O3S/c1-13(2)17-8-10-18(11-9-17)21-20(22(29)19-12-14(3)6-7-15(19)4)23(30)24(31)28(21)25-27-26-16(5)32-25/h6-13,21,29H,1-5H3/b22-20-. The highest BCUT2D eigenvalue weighted by atomic mass is 32.1. The Balaban J connectivity index is 1.95. The number of anilines is 1. The highest BCUT2D eigenvalue weighted by Gasteiger charge is 2.48. The lowest BCUT2D eigenvalue weighted by Gasteiger charge is -2.23. The van der Waals surface area contributed by atoms with Crippen LogP contribution in [0.15, 0.2) is 48.0 Å². The molecular weight excluding hydrogens is 422 g/mol. The molecule has 32 heavy (non-hydrogen) atoms. The van der Waals surface area contributed by atoms with Crippen molar-refractivity contribution in [3.63, 3.8) is 0 Å². The van der Waals surface area contributed by atoms with Gasteiger partial charge in [0, 0.05) is 5.56 Å². The molecule has 1 saturated heterocycles. The quantitative estimate of drug-likeness (QED) is 0.337. The fraction of sp³-hybridized carbons (Fsp3) is 0.280. The van der Waals surface area contributed by atoms with E-state index < -0.39 is 17.7 Å². The summed E-state index contributed by atoms with van der Waals surface area (Å²) in [4.78, 5) is 27.7. The Morgan fingerprint density at radius 1 is 1.03 bits per heavy atom. The van der Waals surface area contributed by atoms with Crippen molar-refractivity contribution in [1.29, 1.82) is 0 Å². The van der Waals surface area contributed by atoms with Gasteiger partial charge in [0.05, 0.1) is 11.6 Å². The van der Waals surface area contributed by atoms with Gasteiger partial charge in [0.2, 0.25) is 5.13 Å². The number of carbonyl (C=O) groups is 2. The summed E-state index contributed by atoms with van der Waals surface area (Å²) in [7, 11) is 0. The van der Waals surface area contributed by atoms with Gasteiger partial charge >= 0.3 is 5.91 Å². The number of amides is 1. The van der Waals surface area contributed by atoms with Crippen LogP contribution in [0.2, 0.25) is 0 Å². The molecule has 1 fully saturated rings. The van der Waals surface area contributed by atoms with Crippen molar-refractivity contribution < 1.29 is 14.7 Å². The summed E-state index contributed by atoms with van der Waals surface area (Å²) in [5, 5.41) is 20.5. The van der Waals surface area contributed by atoms with Crippen molar-refractivity contribution in [3.05, 3.63) is 80.9 Å². The Morgan fingerprint density at radius 3 is 2.31 bits per heavy atom. The molecule has 0 aliphatic carbocycles. The Labute approximate surface area is 191 Å². The number of nitrogens with zero attached hydrogens (tertiary/aromatic N) is 3. The molecule has 0 spiro atoms. The third kappa shape index (κ3) is 3.73. The average molecular weight is 448 g/mol. The molecule has 2 aromatic carbocycles. The largest absolute Gasteiger partial charge is 0.507 e. The minimum Gasteiger partial charge on any atom is -0.507 e. The number of carbonyl (C=O) groups excluding carboxylic acids is 2. The van der Waals surface area contributed by atoms with Crippen molar-refractivity contribution in [1.82, 2.24) is 10.2 Å². The average Bonchev–Trinajstić information content (AvgIpc) is 3.30. The van der Waals surface area contributed by atoms with Crippen LogP contribution in [0.5, 0.6) is 0 Å². The molecule has 1 aliphatic heterocycles. The highest BCUT2D eigenvalue weighted by Crippen LogP contribution is 2.43. The molecule has 2 heterocycles. The molecule has 164 valence electrons. The fourth-order valence-corrected chi connectivity index (χ4v) is 4.64. The highest BCUT2D eigenvalue weighted by molar-refractivity contribution is 7.15. The van der Waals surface area contributed by atoms with Crippen molar-refractivity contribution in [2.75, 3.05) is 4.90 Å². The SMILES string of the molecule is Cc1ccc(C)c(/C(O)=C2/C(=O)C(=O)N(c3nnc(C)s3)C2c2ccc(C(C)C)cc2)c1. The molecule has 6 nitrogen and oxygen atoms in total. The lowest BCUT2D eigenvalue weighted by Crippen LogP contribution is -2.29. The maximum atomic E-state index is 13.2. The Bertz CT molecular complexity index is 1240. The number of hydrogen-bond donors (Lipinski definition) is 1. The lowest BCUT2D eigenvalue weighted by atomic mass is 9.92. The van der Waals surface area contributed by atoms with Crippen LogP contribution in [-0.4, -0.2) is 27.0 Å². The zero-order valence-electron chi connectivity index (χ0n) is 18.7. The molecule has 3 aromatic rings. The third-order valence-corrected chi connectivity index (χ3v) is 6.57. The van der Waals surface area contributed by atoms with Gasteiger partial charge in [-0.1, -0.05) is 67.1 Å². The number of benzene rings is 2. The number of Topliss-reactive ketones (excluding diaryl/α,β-unsaturated/α-hetero) is 1. The van der Waals surface area contributed by atoms with Crippen LogP contribution >= 0.6 is 11.3 Å². The van der Waals surface area contributed by atoms with Gasteiger partial charge in [0.25, 0.3) is 5.78 Å². The maximum Gasteiger partial charge on any atom is 0.301 e. The van der Waals surface area contributed by atoms with Crippen molar-refractivity contribution in [2.45, 2.75) is 46.6 Å². The van der Waals surface area contributed by atoms with Gasteiger partial charge < -0.3 is 5.11 Å². The second-order valence-corrected chi connectivity index (χ2v) is 9.57. The van der Waals surface area contributed by atoms with Crippen LogP contribution in [0.3, 0.4) is 0 Å². The minimum absolute atomic E-state index is 0.0638. The monoisotopic (exact) mass is 447 g/mol. The molecular formula is C25H25N3O3S. The second kappa shape index (κ2) is 8.31. The van der Waals surface area contributed by atoms with E-state index in [2.05, 4.69) is 24.0 Å². The number of aryl methyl sites for hydroxylation is 3. The number of aliphatic hydroxyl groups is 1. The normalized spacial score (nSPS) is 18.1. The first-order valence-electron chi connectivity index (χ1n) is 10.5. The topological polar surface area (TPSA) is 83.4 Å². The number of hydrogen-bond acceptors (Lipinski definition) is 6. The van der Waals surface area contributed by atoms with Crippen molar-refractivity contribution in [3.8, 4) is 0 Å². The van der Waals surface area contributed by atoms with E-state index >= 15 is 0 Å². The van der Waals surface area contributed by atoms with Crippen LogP contribution in [0, 0.1) is 20.8 Å². The van der Waals surface area contributed by atoms with Crippen LogP contribution in [-0.2, 0) is 9.59 Å². The number of aromatic nitrogens is 2. The van der Waals surface area contributed by atoms with Crippen LogP contribution < -0.4 is 4.90 Å². The van der Waals surface area contributed by atoms with Gasteiger partial charge in [-0.2, -0.15) is 0 Å². The summed E-state index contributed by atoms with van der Waals surface area (Å²) in [6, 6.07) is 12.7. The molecule has 4 rings (SSSR count). The van der Waals surface area contributed by atoms with Gasteiger partial charge in [0.15, 0.2) is 0 Å². The van der Waals surface area contributed by atoms with Gasteiger partial charge in [-0.05, 0) is 49.4 Å². The summed E-state index contributed by atoms with van der Waals surface area (Å²) in [5.74, 6) is -1.28. The Morgan fingerprint density at radius 2 is 1.72 bits per heavy atom. The maximum absolute atomic E-state index is 13.2. The van der Waals surface area contributed by atoms with E-state index in [1.807, 2.05) is 56.3 Å².